The van der Waals surface area contributed by atoms with Crippen LogP contribution in [0.1, 0.15) is 10.4 Å². The van der Waals surface area contributed by atoms with Crippen LogP contribution in [-0.2, 0) is 0 Å². The highest BCUT2D eigenvalue weighted by molar-refractivity contribution is 9.11. The SMILES string of the molecule is Nc1cc(Br)c(NC(=O)c2ccc(F)cc2F)c(Br)c1. The number of amides is 1. The average molecular weight is 406 g/mol. The number of halogens is 4. The molecule has 0 saturated heterocycles. The normalized spacial score (nSPS) is 10.4. The van der Waals surface area contributed by atoms with Gasteiger partial charge in [-0.05, 0) is 56.1 Å². The Morgan fingerprint density at radius 1 is 1.10 bits per heavy atom. The fourth-order valence-electron chi connectivity index (χ4n) is 1.57. The minimum absolute atomic E-state index is 0.248. The van der Waals surface area contributed by atoms with Gasteiger partial charge in [0.1, 0.15) is 11.6 Å². The van der Waals surface area contributed by atoms with E-state index >= 15 is 0 Å². The molecule has 3 nitrogen and oxygen atoms in total. The number of benzene rings is 2. The molecule has 0 spiro atoms. The molecule has 0 aliphatic rings. The van der Waals surface area contributed by atoms with E-state index in [1.54, 1.807) is 12.1 Å². The summed E-state index contributed by atoms with van der Waals surface area (Å²) < 4.78 is 27.4. The lowest BCUT2D eigenvalue weighted by molar-refractivity contribution is 0.102. The molecule has 3 N–H and O–H groups in total. The van der Waals surface area contributed by atoms with E-state index in [2.05, 4.69) is 37.2 Å². The topological polar surface area (TPSA) is 55.1 Å². The van der Waals surface area contributed by atoms with Crippen molar-refractivity contribution in [2.45, 2.75) is 0 Å². The van der Waals surface area contributed by atoms with Crippen molar-refractivity contribution < 1.29 is 13.6 Å². The lowest BCUT2D eigenvalue weighted by atomic mass is 10.2. The molecular weight excluding hydrogens is 398 g/mol. The quantitative estimate of drug-likeness (QED) is 0.731. The Morgan fingerprint density at radius 2 is 1.70 bits per heavy atom. The highest BCUT2D eigenvalue weighted by Crippen LogP contribution is 2.33. The van der Waals surface area contributed by atoms with E-state index in [0.717, 1.165) is 12.1 Å². The smallest absolute Gasteiger partial charge is 0.258 e. The first kappa shape index (κ1) is 14.9. The minimum Gasteiger partial charge on any atom is -0.399 e. The first-order valence-electron chi connectivity index (χ1n) is 5.39. The van der Waals surface area contributed by atoms with Gasteiger partial charge in [0.2, 0.25) is 0 Å². The molecule has 2 rings (SSSR count). The van der Waals surface area contributed by atoms with E-state index < -0.39 is 17.5 Å². The maximum Gasteiger partial charge on any atom is 0.258 e. The molecule has 2 aromatic rings. The van der Waals surface area contributed by atoms with Crippen LogP contribution >= 0.6 is 31.9 Å². The summed E-state index contributed by atoms with van der Waals surface area (Å²) in [4.78, 5) is 12.0. The highest BCUT2D eigenvalue weighted by atomic mass is 79.9. The summed E-state index contributed by atoms with van der Waals surface area (Å²) in [6.07, 6.45) is 0. The van der Waals surface area contributed by atoms with Crippen LogP contribution in [0.15, 0.2) is 39.3 Å². The summed E-state index contributed by atoms with van der Waals surface area (Å²) in [5, 5.41) is 2.53. The molecular formula is C13H8Br2F2N2O. The van der Waals surface area contributed by atoms with Gasteiger partial charge in [0.15, 0.2) is 0 Å². The molecule has 0 aromatic heterocycles. The number of nitrogen functional groups attached to an aromatic ring is 1. The second-order valence-corrected chi connectivity index (χ2v) is 5.65. The Labute approximate surface area is 130 Å². The zero-order valence-electron chi connectivity index (χ0n) is 9.88. The molecule has 0 unspecified atom stereocenters. The largest absolute Gasteiger partial charge is 0.399 e. The van der Waals surface area contributed by atoms with Crippen molar-refractivity contribution in [1.82, 2.24) is 0 Å². The van der Waals surface area contributed by atoms with Crippen LogP contribution in [0.2, 0.25) is 0 Å². The van der Waals surface area contributed by atoms with Gasteiger partial charge in [0.05, 0.1) is 11.3 Å². The lowest BCUT2D eigenvalue weighted by Crippen LogP contribution is -2.14. The van der Waals surface area contributed by atoms with E-state index in [1.807, 2.05) is 0 Å². The summed E-state index contributed by atoms with van der Waals surface area (Å²) in [6.45, 7) is 0. The van der Waals surface area contributed by atoms with Crippen LogP contribution in [0, 0.1) is 11.6 Å². The number of carbonyl (C=O) groups is 1. The number of carbonyl (C=O) groups excluding carboxylic acids is 1. The van der Waals surface area contributed by atoms with Crippen molar-refractivity contribution in [1.29, 1.82) is 0 Å². The summed E-state index contributed by atoms with van der Waals surface area (Å²) >= 11 is 6.50. The molecule has 2 aromatic carbocycles. The standard InChI is InChI=1S/C13H8Br2F2N2O/c14-9-4-7(18)5-10(15)12(9)19-13(20)8-2-1-6(16)3-11(8)17/h1-5H,18H2,(H,19,20). The molecule has 104 valence electrons. The van der Waals surface area contributed by atoms with E-state index in [4.69, 9.17) is 5.73 Å². The van der Waals surface area contributed by atoms with Gasteiger partial charge in [-0.2, -0.15) is 0 Å². The van der Waals surface area contributed by atoms with Gasteiger partial charge < -0.3 is 11.1 Å². The molecule has 0 saturated carbocycles. The Kier molecular flexibility index (Phi) is 4.39. The number of hydrogen-bond donors (Lipinski definition) is 2. The molecule has 0 atom stereocenters. The lowest BCUT2D eigenvalue weighted by Gasteiger charge is -2.11. The van der Waals surface area contributed by atoms with Crippen molar-refractivity contribution >= 4 is 49.1 Å². The van der Waals surface area contributed by atoms with Gasteiger partial charge in [-0.15, -0.1) is 0 Å². The van der Waals surface area contributed by atoms with Gasteiger partial charge in [-0.25, -0.2) is 8.78 Å². The Bertz CT molecular complexity index is 669. The van der Waals surface area contributed by atoms with Crippen molar-refractivity contribution in [3.05, 3.63) is 56.5 Å². The average Bonchev–Trinajstić information content (AvgIpc) is 2.33. The first-order chi connectivity index (χ1) is 9.38. The zero-order valence-corrected chi connectivity index (χ0v) is 13.1. The number of anilines is 2. The number of hydrogen-bond acceptors (Lipinski definition) is 2. The van der Waals surface area contributed by atoms with Gasteiger partial charge in [0.25, 0.3) is 5.91 Å². The summed E-state index contributed by atoms with van der Waals surface area (Å²) in [5.74, 6) is -2.35. The van der Waals surface area contributed by atoms with Crippen LogP contribution in [0.4, 0.5) is 20.2 Å². The molecule has 1 amide bonds. The third-order valence-electron chi connectivity index (χ3n) is 2.48. The minimum atomic E-state index is -0.926. The fraction of sp³-hybridized carbons (Fsp3) is 0. The third-order valence-corrected chi connectivity index (χ3v) is 3.73. The monoisotopic (exact) mass is 404 g/mol. The predicted molar refractivity (Wildman–Crippen MR) is 80.6 cm³/mol. The van der Waals surface area contributed by atoms with Gasteiger partial charge in [-0.3, -0.25) is 4.79 Å². The Morgan fingerprint density at radius 3 is 2.25 bits per heavy atom. The summed E-state index contributed by atoms with van der Waals surface area (Å²) in [6, 6.07) is 5.95. The van der Waals surface area contributed by atoms with Crippen LogP contribution in [0.25, 0.3) is 0 Å². The maximum absolute atomic E-state index is 13.5. The van der Waals surface area contributed by atoms with Crippen molar-refractivity contribution in [2.75, 3.05) is 11.1 Å². The molecule has 7 heteroatoms. The van der Waals surface area contributed by atoms with E-state index in [1.165, 1.54) is 0 Å². The molecule has 20 heavy (non-hydrogen) atoms. The predicted octanol–water partition coefficient (Wildman–Crippen LogP) is 4.32. The van der Waals surface area contributed by atoms with Crippen LogP contribution in [0.5, 0.6) is 0 Å². The van der Waals surface area contributed by atoms with Crippen molar-refractivity contribution in [3.63, 3.8) is 0 Å². The van der Waals surface area contributed by atoms with E-state index in [0.29, 0.717) is 26.4 Å². The number of nitrogens with two attached hydrogens (primary N) is 1. The second kappa shape index (κ2) is 5.88. The van der Waals surface area contributed by atoms with Gasteiger partial charge >= 0.3 is 0 Å². The molecule has 0 bridgehead atoms. The van der Waals surface area contributed by atoms with Crippen molar-refractivity contribution in [2.24, 2.45) is 0 Å². The summed E-state index contributed by atoms with van der Waals surface area (Å²) in [7, 11) is 0. The van der Waals surface area contributed by atoms with Crippen LogP contribution < -0.4 is 11.1 Å². The molecule has 0 radical (unpaired) electrons. The Hall–Kier alpha value is -1.47. The van der Waals surface area contributed by atoms with Gasteiger partial charge in [0, 0.05) is 20.7 Å². The van der Waals surface area contributed by atoms with Crippen LogP contribution in [-0.4, -0.2) is 5.91 Å². The highest BCUT2D eigenvalue weighted by Gasteiger charge is 2.15. The van der Waals surface area contributed by atoms with E-state index in [-0.39, 0.29) is 5.56 Å². The van der Waals surface area contributed by atoms with Crippen LogP contribution in [0.3, 0.4) is 0 Å². The molecule has 0 heterocycles. The van der Waals surface area contributed by atoms with Gasteiger partial charge in [-0.1, -0.05) is 0 Å². The maximum atomic E-state index is 13.5. The second-order valence-electron chi connectivity index (χ2n) is 3.94. The fourth-order valence-corrected chi connectivity index (χ4v) is 2.99. The summed E-state index contributed by atoms with van der Waals surface area (Å²) in [5.41, 5.74) is 6.29. The third kappa shape index (κ3) is 3.16. The zero-order chi connectivity index (χ0) is 14.9. The number of nitrogens with one attached hydrogen (secondary N) is 1. The molecule has 0 aliphatic carbocycles. The number of rotatable bonds is 2. The van der Waals surface area contributed by atoms with Crippen molar-refractivity contribution in [3.8, 4) is 0 Å². The Balaban J connectivity index is 2.33. The molecule has 0 fully saturated rings. The van der Waals surface area contributed by atoms with E-state index in [9.17, 15) is 13.6 Å². The first-order valence-corrected chi connectivity index (χ1v) is 6.98. The molecule has 0 aliphatic heterocycles.